The van der Waals surface area contributed by atoms with Crippen molar-refractivity contribution in [2.75, 3.05) is 14.2 Å². The van der Waals surface area contributed by atoms with Crippen LogP contribution in [0, 0.1) is 0 Å². The first-order chi connectivity index (χ1) is 14.3. The van der Waals surface area contributed by atoms with E-state index in [1.54, 1.807) is 31.8 Å². The lowest BCUT2D eigenvalue weighted by Crippen LogP contribution is -2.21. The second-order valence-electron chi connectivity index (χ2n) is 6.45. The number of ether oxygens (including phenoxy) is 2. The predicted octanol–water partition coefficient (Wildman–Crippen LogP) is 5.30. The molecule has 4 rings (SSSR count). The van der Waals surface area contributed by atoms with E-state index in [9.17, 15) is 0 Å². The van der Waals surface area contributed by atoms with Crippen molar-refractivity contribution in [2.24, 2.45) is 0 Å². The van der Waals surface area contributed by atoms with Gasteiger partial charge in [-0.2, -0.15) is 0 Å². The lowest BCUT2D eigenvalue weighted by atomic mass is 10.0. The topological polar surface area (TPSA) is 56.5 Å². The Morgan fingerprint density at radius 3 is 2.55 bits per heavy atom. The fourth-order valence-electron chi connectivity index (χ4n) is 3.18. The number of aromatic nitrogens is 1. The van der Waals surface area contributed by atoms with Crippen molar-refractivity contribution in [3.63, 3.8) is 0 Å². The van der Waals surface area contributed by atoms with Gasteiger partial charge in [0.05, 0.1) is 32.2 Å². The van der Waals surface area contributed by atoms with Gasteiger partial charge in [0.1, 0.15) is 10.8 Å². The van der Waals surface area contributed by atoms with E-state index in [1.165, 1.54) is 0 Å². The molecule has 0 saturated heterocycles. The largest absolute Gasteiger partial charge is 0.493 e. The van der Waals surface area contributed by atoms with Gasteiger partial charge in [0, 0.05) is 17.5 Å². The van der Waals surface area contributed by atoms with Gasteiger partial charge in [0.2, 0.25) is 0 Å². The van der Waals surface area contributed by atoms with E-state index in [4.69, 9.17) is 18.9 Å². The van der Waals surface area contributed by atoms with E-state index in [-0.39, 0.29) is 6.04 Å². The highest BCUT2D eigenvalue weighted by molar-refractivity contribution is 7.13. The van der Waals surface area contributed by atoms with Crippen molar-refractivity contribution in [1.82, 2.24) is 10.3 Å². The minimum Gasteiger partial charge on any atom is -0.493 e. The molecule has 0 aliphatic heterocycles. The Bertz CT molecular complexity index is 1050. The smallest absolute Gasteiger partial charge is 0.161 e. The first kappa shape index (κ1) is 19.2. The molecule has 0 bridgehead atoms. The van der Waals surface area contributed by atoms with Crippen molar-refractivity contribution in [1.29, 1.82) is 0 Å². The number of furan rings is 1. The van der Waals surface area contributed by atoms with E-state index in [1.807, 2.05) is 48.5 Å². The summed E-state index contributed by atoms with van der Waals surface area (Å²) in [5, 5.41) is 6.58. The Kier molecular flexibility index (Phi) is 5.93. The SMILES string of the molecule is COc1ccc(-c2nc(CN[C@@H](c3ccccc3)c3ccco3)cs2)cc1OC. The molecule has 1 atom stereocenters. The molecular weight excluding hydrogens is 384 g/mol. The highest BCUT2D eigenvalue weighted by atomic mass is 32.1. The van der Waals surface area contributed by atoms with Crippen LogP contribution in [0.1, 0.15) is 23.1 Å². The van der Waals surface area contributed by atoms with Crippen LogP contribution < -0.4 is 14.8 Å². The van der Waals surface area contributed by atoms with Gasteiger partial charge in [-0.3, -0.25) is 5.32 Å². The van der Waals surface area contributed by atoms with Crippen molar-refractivity contribution < 1.29 is 13.9 Å². The Morgan fingerprint density at radius 1 is 1.00 bits per heavy atom. The van der Waals surface area contributed by atoms with Crippen molar-refractivity contribution in [2.45, 2.75) is 12.6 Å². The molecule has 5 nitrogen and oxygen atoms in total. The number of rotatable bonds is 8. The zero-order valence-electron chi connectivity index (χ0n) is 16.3. The number of nitrogens with one attached hydrogen (secondary N) is 1. The quantitative estimate of drug-likeness (QED) is 0.430. The first-order valence-electron chi connectivity index (χ1n) is 9.27. The molecule has 1 N–H and O–H groups in total. The van der Waals surface area contributed by atoms with Crippen molar-refractivity contribution in [3.8, 4) is 22.1 Å². The predicted molar refractivity (Wildman–Crippen MR) is 114 cm³/mol. The molecule has 6 heteroatoms. The van der Waals surface area contributed by atoms with Crippen LogP contribution in [0.25, 0.3) is 10.6 Å². The van der Waals surface area contributed by atoms with Gasteiger partial charge in [0.25, 0.3) is 0 Å². The Balaban J connectivity index is 1.51. The highest BCUT2D eigenvalue weighted by Crippen LogP contribution is 2.33. The second-order valence-corrected chi connectivity index (χ2v) is 7.31. The molecule has 2 aromatic carbocycles. The molecule has 4 aromatic rings. The van der Waals surface area contributed by atoms with Gasteiger partial charge in [-0.25, -0.2) is 4.98 Å². The van der Waals surface area contributed by atoms with Crippen LogP contribution in [0.15, 0.2) is 76.7 Å². The summed E-state index contributed by atoms with van der Waals surface area (Å²) in [6.45, 7) is 0.629. The summed E-state index contributed by atoms with van der Waals surface area (Å²) in [5.41, 5.74) is 3.13. The zero-order chi connectivity index (χ0) is 20.1. The van der Waals surface area contributed by atoms with Crippen LogP contribution in [0.4, 0.5) is 0 Å². The van der Waals surface area contributed by atoms with Crippen LogP contribution in [0.2, 0.25) is 0 Å². The summed E-state index contributed by atoms with van der Waals surface area (Å²) < 4.78 is 16.4. The van der Waals surface area contributed by atoms with Crippen LogP contribution >= 0.6 is 11.3 Å². The molecule has 0 fully saturated rings. The molecule has 2 heterocycles. The minimum atomic E-state index is -0.0302. The fourth-order valence-corrected chi connectivity index (χ4v) is 4.00. The minimum absolute atomic E-state index is 0.0302. The van der Waals surface area contributed by atoms with E-state index in [2.05, 4.69) is 22.8 Å². The van der Waals surface area contributed by atoms with Gasteiger partial charge in [-0.15, -0.1) is 11.3 Å². The Hall–Kier alpha value is -3.09. The van der Waals surface area contributed by atoms with E-state index < -0.39 is 0 Å². The van der Waals surface area contributed by atoms with Crippen LogP contribution in [0.5, 0.6) is 11.5 Å². The van der Waals surface area contributed by atoms with E-state index in [0.717, 1.165) is 27.6 Å². The number of benzene rings is 2. The van der Waals surface area contributed by atoms with Gasteiger partial charge < -0.3 is 13.9 Å². The van der Waals surface area contributed by atoms with E-state index in [0.29, 0.717) is 18.0 Å². The lowest BCUT2D eigenvalue weighted by Gasteiger charge is -2.16. The summed E-state index contributed by atoms with van der Waals surface area (Å²) >= 11 is 1.61. The molecule has 0 spiro atoms. The van der Waals surface area contributed by atoms with Gasteiger partial charge >= 0.3 is 0 Å². The molecule has 0 radical (unpaired) electrons. The lowest BCUT2D eigenvalue weighted by molar-refractivity contribution is 0.355. The van der Waals surface area contributed by atoms with Crippen LogP contribution in [-0.2, 0) is 6.54 Å². The highest BCUT2D eigenvalue weighted by Gasteiger charge is 2.17. The number of methoxy groups -OCH3 is 2. The van der Waals surface area contributed by atoms with Crippen molar-refractivity contribution >= 4 is 11.3 Å². The first-order valence-corrected chi connectivity index (χ1v) is 10.1. The third kappa shape index (κ3) is 4.34. The summed E-state index contributed by atoms with van der Waals surface area (Å²) in [5.74, 6) is 2.28. The van der Waals surface area contributed by atoms with Crippen LogP contribution in [-0.4, -0.2) is 19.2 Å². The van der Waals surface area contributed by atoms with Gasteiger partial charge in [0.15, 0.2) is 11.5 Å². The Labute approximate surface area is 173 Å². The number of hydrogen-bond donors (Lipinski definition) is 1. The number of hydrogen-bond acceptors (Lipinski definition) is 6. The third-order valence-corrected chi connectivity index (χ3v) is 5.57. The Morgan fingerprint density at radius 2 is 1.83 bits per heavy atom. The maximum Gasteiger partial charge on any atom is 0.161 e. The molecule has 0 amide bonds. The molecule has 2 aromatic heterocycles. The summed E-state index contributed by atoms with van der Waals surface area (Å²) in [7, 11) is 3.27. The maximum atomic E-state index is 5.65. The average molecular weight is 407 g/mol. The zero-order valence-corrected chi connectivity index (χ0v) is 17.1. The second kappa shape index (κ2) is 8.94. The molecule has 148 valence electrons. The summed E-state index contributed by atoms with van der Waals surface area (Å²) in [4.78, 5) is 4.79. The molecule has 0 aliphatic carbocycles. The fraction of sp³-hybridized carbons (Fsp3) is 0.174. The maximum absolute atomic E-state index is 5.65. The molecule has 0 saturated carbocycles. The summed E-state index contributed by atoms with van der Waals surface area (Å²) in [6.07, 6.45) is 1.70. The average Bonchev–Trinajstić information content (AvgIpc) is 3.47. The molecular formula is C23H22N2O3S. The normalized spacial score (nSPS) is 11.9. The third-order valence-electron chi connectivity index (χ3n) is 4.63. The van der Waals surface area contributed by atoms with E-state index >= 15 is 0 Å². The molecule has 29 heavy (non-hydrogen) atoms. The number of nitrogens with zero attached hydrogens (tertiary/aromatic N) is 1. The molecule has 0 unspecified atom stereocenters. The summed E-state index contributed by atoms with van der Waals surface area (Å²) in [6, 6.07) is 20.0. The standard InChI is InChI=1S/C23H22N2O3S/c1-26-19-11-10-17(13-21(19)27-2)23-25-18(15-29-23)14-24-22(20-9-6-12-28-20)16-7-4-3-5-8-16/h3-13,15,22,24H,14H2,1-2H3/t22-/m0/s1. The van der Waals surface area contributed by atoms with Gasteiger partial charge in [-0.05, 0) is 35.9 Å². The van der Waals surface area contributed by atoms with Gasteiger partial charge in [-0.1, -0.05) is 30.3 Å². The monoisotopic (exact) mass is 406 g/mol. The number of thiazole rings is 1. The molecule has 0 aliphatic rings. The van der Waals surface area contributed by atoms with Crippen LogP contribution in [0.3, 0.4) is 0 Å². The van der Waals surface area contributed by atoms with Crippen molar-refractivity contribution in [3.05, 3.63) is 89.3 Å².